The van der Waals surface area contributed by atoms with Crippen molar-refractivity contribution in [1.29, 1.82) is 10.5 Å². The van der Waals surface area contributed by atoms with Crippen molar-refractivity contribution in [2.24, 2.45) is 101 Å². The van der Waals surface area contributed by atoms with Crippen LogP contribution in [0.4, 0.5) is 13.2 Å². The molecule has 10 fully saturated rings. The molecule has 3 heterocycles. The molecule has 3 aliphatic heterocycles. The Bertz CT molecular complexity index is 2440. The van der Waals surface area contributed by atoms with Crippen molar-refractivity contribution in [2.75, 3.05) is 100 Å². The van der Waals surface area contributed by atoms with Crippen LogP contribution in [0.5, 0.6) is 0 Å². The van der Waals surface area contributed by atoms with Gasteiger partial charge in [-0.3, -0.25) is 24.2 Å². The molecule has 0 aromatic heterocycles. The summed E-state index contributed by atoms with van der Waals surface area (Å²) in [7, 11) is 5.30. The van der Waals surface area contributed by atoms with E-state index in [2.05, 4.69) is 112 Å². The van der Waals surface area contributed by atoms with Gasteiger partial charge in [0.2, 0.25) is 11.8 Å². The summed E-state index contributed by atoms with van der Waals surface area (Å²) in [6.45, 7) is 44.8. The zero-order chi connectivity index (χ0) is 83.7. The summed E-state index contributed by atoms with van der Waals surface area (Å²) in [6.07, 6.45) is 39.3. The predicted octanol–water partition coefficient (Wildman–Crippen LogP) is 23.9. The zero-order valence-electron chi connectivity index (χ0n) is 76.3. The van der Waals surface area contributed by atoms with Crippen LogP contribution in [0.2, 0.25) is 0 Å². The van der Waals surface area contributed by atoms with Gasteiger partial charge < -0.3 is 33.5 Å². The molecule has 0 N–H and O–H groups in total. The van der Waals surface area contributed by atoms with Crippen molar-refractivity contribution in [2.45, 2.75) is 385 Å². The molecule has 0 aromatic rings. The Balaban J connectivity index is 0.000000341. The predicted molar refractivity (Wildman–Crippen MR) is 461 cm³/mol. The maximum absolute atomic E-state index is 12.2. The topological polar surface area (TPSA) is 158 Å². The minimum absolute atomic E-state index is 0.0601. The third-order valence-electron chi connectivity index (χ3n) is 28.3. The number of ether oxygens (including phenoxy) is 5. The van der Waals surface area contributed by atoms with Crippen LogP contribution in [-0.2, 0) is 38.1 Å². The second-order valence-electron chi connectivity index (χ2n) is 38.2. The number of alkyl halides is 3. The highest BCUT2D eigenvalue weighted by atomic mass is 19.4. The molecule has 14 nitrogen and oxygen atoms in total. The van der Waals surface area contributed by atoms with Gasteiger partial charge in [-0.1, -0.05) is 130 Å². The number of morpholine rings is 2. The fourth-order valence-electron chi connectivity index (χ4n) is 19.7. The number of hydrogen-bond donors (Lipinski definition) is 0. The number of likely N-dealkylation sites (tertiary alicyclic amines) is 1. The first-order chi connectivity index (χ1) is 54.0. The first-order valence-corrected chi connectivity index (χ1v) is 47.2. The molecular weight excluding hydrogens is 1420 g/mol. The molecule has 2 amide bonds. The largest absolute Gasteiger partial charge is 0.462 e. The number of esters is 1. The highest BCUT2D eigenvalue weighted by molar-refractivity contribution is 5.76. The molecule has 0 bridgehead atoms. The molecule has 0 spiro atoms. The minimum Gasteiger partial charge on any atom is -0.462 e. The molecule has 10 aliphatic rings. The number of hydrogen-bond acceptors (Lipinski definition) is 12. The Morgan fingerprint density at radius 2 is 0.867 bits per heavy atom. The third-order valence-corrected chi connectivity index (χ3v) is 28.3. The van der Waals surface area contributed by atoms with Crippen molar-refractivity contribution >= 4 is 17.8 Å². The lowest BCUT2D eigenvalue weighted by atomic mass is 9.75. The van der Waals surface area contributed by atoms with E-state index in [0.717, 1.165) is 205 Å². The lowest BCUT2D eigenvalue weighted by Gasteiger charge is -2.38. The molecule has 1 atom stereocenters. The molecule has 0 unspecified atom stereocenters. The van der Waals surface area contributed by atoms with E-state index < -0.39 is 12.6 Å². The Morgan fingerprint density at radius 3 is 1.28 bits per heavy atom. The zero-order valence-corrected chi connectivity index (χ0v) is 76.3. The van der Waals surface area contributed by atoms with Crippen molar-refractivity contribution in [1.82, 2.24) is 19.6 Å². The lowest BCUT2D eigenvalue weighted by molar-refractivity contribution is -0.151. The number of nitriles is 2. The number of halogens is 3. The summed E-state index contributed by atoms with van der Waals surface area (Å²) in [5, 5.41) is 17.4. The minimum atomic E-state index is -3.96. The maximum atomic E-state index is 12.2. The van der Waals surface area contributed by atoms with Crippen LogP contribution in [0.1, 0.15) is 354 Å². The van der Waals surface area contributed by atoms with E-state index in [4.69, 9.17) is 34.2 Å². The summed E-state index contributed by atoms with van der Waals surface area (Å²) in [5.41, 5.74) is 0. The monoisotopic (exact) mass is 1600 g/mol. The number of unbranched alkanes of at least 4 members (excludes halogenated alkanes) is 1. The molecular formula is C96H177F3N6O8. The molecule has 7 aliphatic carbocycles. The fraction of sp³-hybridized carbons (Fsp3) is 0.948. The molecule has 7 saturated carbocycles. The Labute approximate surface area is 693 Å². The molecule has 17 heteroatoms. The van der Waals surface area contributed by atoms with E-state index in [1.807, 2.05) is 30.7 Å². The van der Waals surface area contributed by atoms with Gasteiger partial charge in [0.15, 0.2) is 0 Å². The quantitative estimate of drug-likeness (QED) is 0.0630. The smallest absolute Gasteiger partial charge is 0.389 e. The van der Waals surface area contributed by atoms with E-state index in [1.165, 1.54) is 161 Å². The van der Waals surface area contributed by atoms with Crippen LogP contribution in [0.25, 0.3) is 0 Å². The standard InChI is InChI=1S/C15H27NO2.C15H29NO2.C14H24N2.C14H26O3.C13H23N.C12H21F3.C11H21NO.C2H6/c1-12(2)14-5-3-13(4-6-14)11-15(17)16-7-9-18-10-8-16;1-12(2)13-7-9-14(10-8-13)16(3)15(17)6-5-11-18-4;1-11(2)13-3-5-14(6-4-13)16-8-7-12(9-15)10-16;1-11(2)12-6-8-13(9-7-12)17-14(15)5-4-10-16-3;1-11(2)13-8-6-12(7-9-13)5-3-4-10-14;1-9(2)11-5-3-10(4-6-11)7-8-12(13,14)15;1-10-2-4-11(5-3-10)12-6-8-13-9-7-12;1-2/h12-14H,3-11H2,1-2H3;12-14H,5-11H2,1-4H3;11-14H,3-8,10H2,1-2H3;11-13H,4-10H2,1-3H3;11-13H,3-9H2,1-2H3;9-11H,3-8H2,1-2H3;10-11H,2-9H2,1H3;1-2H3/t;;12-,13?,14?;;;;;/m..0...../s1. The van der Waals surface area contributed by atoms with Gasteiger partial charge in [0.1, 0.15) is 6.10 Å². The second-order valence-corrected chi connectivity index (χ2v) is 38.2. The lowest BCUT2D eigenvalue weighted by Crippen LogP contribution is -2.44. The van der Waals surface area contributed by atoms with Crippen molar-refractivity contribution in [3.8, 4) is 12.1 Å². The van der Waals surface area contributed by atoms with Gasteiger partial charge in [-0.2, -0.15) is 23.7 Å². The normalized spacial score (nSPS) is 29.1. The Hall–Kier alpha value is -3.06. The van der Waals surface area contributed by atoms with Crippen molar-refractivity contribution in [3.63, 3.8) is 0 Å². The SMILES string of the molecule is CC.CC(C)C1CCC(CC(=O)N2CCOCC2)CC1.CC(C)C1CCC(CCC(F)(F)F)CC1.CC(C)C1CCC(CCCC#N)CC1.CC(C)C1CCC(N2CC[C@@H](C#N)C2)CC1.CC1CCC(N2CCOCC2)CC1.COCCCC(=O)N(C)C1CCC(C(C)C)CC1.COCCCC(=O)OC1CCC(C(C)C)CC1. The number of methoxy groups -OCH3 is 2. The summed E-state index contributed by atoms with van der Waals surface area (Å²) in [6, 6.07) is 6.78. The first-order valence-electron chi connectivity index (χ1n) is 47.2. The van der Waals surface area contributed by atoms with Gasteiger partial charge in [0, 0.05) is 117 Å². The van der Waals surface area contributed by atoms with Gasteiger partial charge in [-0.25, -0.2) is 0 Å². The van der Waals surface area contributed by atoms with E-state index in [1.54, 1.807) is 14.2 Å². The van der Waals surface area contributed by atoms with Crippen LogP contribution in [0.15, 0.2) is 0 Å². The van der Waals surface area contributed by atoms with Crippen LogP contribution in [0.3, 0.4) is 0 Å². The summed E-state index contributed by atoms with van der Waals surface area (Å²) in [4.78, 5) is 44.8. The third kappa shape index (κ3) is 44.7. The Morgan fingerprint density at radius 1 is 0.478 bits per heavy atom. The van der Waals surface area contributed by atoms with Gasteiger partial charge in [0.05, 0.1) is 44.5 Å². The summed E-state index contributed by atoms with van der Waals surface area (Å²) in [5.74, 6) is 13.7. The number of amides is 2. The number of carbonyl (C=O) groups is 3. The number of nitrogens with zero attached hydrogens (tertiary/aromatic N) is 6. The highest BCUT2D eigenvalue weighted by Gasteiger charge is 2.35. The van der Waals surface area contributed by atoms with E-state index in [-0.39, 0.29) is 18.0 Å². The molecule has 10 rings (SSSR count). The Kier molecular flexibility index (Phi) is 55.7. The number of rotatable bonds is 25. The van der Waals surface area contributed by atoms with Gasteiger partial charge in [-0.15, -0.1) is 0 Å². The van der Waals surface area contributed by atoms with Crippen molar-refractivity contribution < 1.29 is 51.2 Å². The van der Waals surface area contributed by atoms with Crippen LogP contribution in [-0.4, -0.2) is 168 Å². The fourth-order valence-corrected chi connectivity index (χ4v) is 19.7. The molecule has 113 heavy (non-hydrogen) atoms. The summed E-state index contributed by atoms with van der Waals surface area (Å²) >= 11 is 0. The van der Waals surface area contributed by atoms with Gasteiger partial charge >= 0.3 is 12.1 Å². The molecule has 660 valence electrons. The first kappa shape index (κ1) is 104. The van der Waals surface area contributed by atoms with Gasteiger partial charge in [0.25, 0.3) is 0 Å². The average Bonchev–Trinajstić information content (AvgIpc) is 1.74. The molecule has 0 radical (unpaired) electrons. The van der Waals surface area contributed by atoms with E-state index in [9.17, 15) is 27.6 Å². The average molecular weight is 1600 g/mol. The molecule has 3 saturated heterocycles. The summed E-state index contributed by atoms with van der Waals surface area (Å²) < 4.78 is 62.1. The van der Waals surface area contributed by atoms with E-state index in [0.29, 0.717) is 81.3 Å². The van der Waals surface area contributed by atoms with Crippen LogP contribution < -0.4 is 0 Å². The highest BCUT2D eigenvalue weighted by Crippen LogP contribution is 2.41. The van der Waals surface area contributed by atoms with E-state index >= 15 is 0 Å². The second kappa shape index (κ2) is 60.4. The molecule has 0 aromatic carbocycles. The van der Waals surface area contributed by atoms with Gasteiger partial charge in [-0.05, 0) is 294 Å². The van der Waals surface area contributed by atoms with Crippen LogP contribution >= 0.6 is 0 Å². The van der Waals surface area contributed by atoms with Crippen molar-refractivity contribution in [3.05, 3.63) is 0 Å². The van der Waals surface area contributed by atoms with Crippen LogP contribution in [0, 0.1) is 123 Å². The maximum Gasteiger partial charge on any atom is 0.389 e. The number of carbonyl (C=O) groups excluding carboxylic acids is 3.